The Morgan fingerprint density at radius 1 is 1.38 bits per heavy atom. The molecule has 2 rings (SSSR count). The SMILES string of the molecule is CCCOc1ccccc1C1CCNC(C(=O)N(C)C)C1. The first kappa shape index (κ1) is 15.8. The number of likely N-dealkylation sites (N-methyl/N-ethyl adjacent to an activating group) is 1. The van der Waals surface area contributed by atoms with Crippen LogP contribution in [-0.4, -0.2) is 44.1 Å². The molecule has 1 aliphatic heterocycles. The fourth-order valence-electron chi connectivity index (χ4n) is 2.86. The first-order chi connectivity index (χ1) is 10.1. The van der Waals surface area contributed by atoms with Gasteiger partial charge in [0.2, 0.25) is 5.91 Å². The van der Waals surface area contributed by atoms with Crippen LogP contribution in [0.3, 0.4) is 0 Å². The molecule has 0 spiro atoms. The minimum Gasteiger partial charge on any atom is -0.493 e. The van der Waals surface area contributed by atoms with Gasteiger partial charge in [-0.3, -0.25) is 4.79 Å². The van der Waals surface area contributed by atoms with Crippen molar-refractivity contribution in [1.82, 2.24) is 10.2 Å². The standard InChI is InChI=1S/C17H26N2O2/c1-4-11-21-16-8-6-5-7-14(16)13-9-10-18-15(12-13)17(20)19(2)3/h5-8,13,15,18H,4,9-12H2,1-3H3. The van der Waals surface area contributed by atoms with Crippen molar-refractivity contribution in [2.24, 2.45) is 0 Å². The van der Waals surface area contributed by atoms with Gasteiger partial charge in [0.25, 0.3) is 0 Å². The maximum absolute atomic E-state index is 12.2. The number of para-hydroxylation sites is 1. The molecule has 0 aliphatic carbocycles. The van der Waals surface area contributed by atoms with Crippen LogP contribution < -0.4 is 10.1 Å². The molecule has 1 amide bonds. The molecule has 1 heterocycles. The molecule has 21 heavy (non-hydrogen) atoms. The predicted molar refractivity (Wildman–Crippen MR) is 84.7 cm³/mol. The third kappa shape index (κ3) is 3.97. The lowest BCUT2D eigenvalue weighted by Gasteiger charge is -2.32. The van der Waals surface area contributed by atoms with Crippen molar-refractivity contribution in [2.45, 2.75) is 38.1 Å². The number of nitrogens with one attached hydrogen (secondary N) is 1. The topological polar surface area (TPSA) is 41.6 Å². The van der Waals surface area contributed by atoms with E-state index in [2.05, 4.69) is 24.4 Å². The van der Waals surface area contributed by atoms with Crippen LogP contribution in [0.25, 0.3) is 0 Å². The minimum atomic E-state index is -0.0852. The Hall–Kier alpha value is -1.55. The van der Waals surface area contributed by atoms with Gasteiger partial charge >= 0.3 is 0 Å². The van der Waals surface area contributed by atoms with E-state index in [-0.39, 0.29) is 11.9 Å². The second-order valence-electron chi connectivity index (χ2n) is 5.85. The molecule has 0 saturated carbocycles. The van der Waals surface area contributed by atoms with Gasteiger partial charge in [-0.15, -0.1) is 0 Å². The molecule has 2 atom stereocenters. The lowest BCUT2D eigenvalue weighted by molar-refractivity contribution is -0.131. The van der Waals surface area contributed by atoms with Crippen molar-refractivity contribution in [3.05, 3.63) is 29.8 Å². The maximum Gasteiger partial charge on any atom is 0.239 e. The molecule has 1 aromatic rings. The molecule has 1 aliphatic rings. The quantitative estimate of drug-likeness (QED) is 0.905. The molecule has 116 valence electrons. The molecule has 1 aromatic carbocycles. The largest absolute Gasteiger partial charge is 0.493 e. The zero-order valence-electron chi connectivity index (χ0n) is 13.3. The summed E-state index contributed by atoms with van der Waals surface area (Å²) in [4.78, 5) is 13.8. The van der Waals surface area contributed by atoms with Crippen LogP contribution in [-0.2, 0) is 4.79 Å². The lowest BCUT2D eigenvalue weighted by atomic mass is 9.85. The fraction of sp³-hybridized carbons (Fsp3) is 0.588. The number of hydrogen-bond acceptors (Lipinski definition) is 3. The van der Waals surface area contributed by atoms with E-state index in [4.69, 9.17) is 4.74 Å². The molecule has 0 bridgehead atoms. The number of rotatable bonds is 5. The highest BCUT2D eigenvalue weighted by Gasteiger charge is 2.29. The number of ether oxygens (including phenoxy) is 1. The van der Waals surface area contributed by atoms with Crippen molar-refractivity contribution in [3.63, 3.8) is 0 Å². The summed E-state index contributed by atoms with van der Waals surface area (Å²) >= 11 is 0. The fourth-order valence-corrected chi connectivity index (χ4v) is 2.86. The van der Waals surface area contributed by atoms with Crippen LogP contribution in [0, 0.1) is 0 Å². The van der Waals surface area contributed by atoms with E-state index in [9.17, 15) is 4.79 Å². The molecule has 0 radical (unpaired) electrons. The first-order valence-electron chi connectivity index (χ1n) is 7.79. The Morgan fingerprint density at radius 3 is 2.86 bits per heavy atom. The Kier molecular flexibility index (Phi) is 5.62. The van der Waals surface area contributed by atoms with Crippen molar-refractivity contribution < 1.29 is 9.53 Å². The van der Waals surface area contributed by atoms with Gasteiger partial charge in [0.05, 0.1) is 12.6 Å². The molecule has 1 fully saturated rings. The molecule has 0 aromatic heterocycles. The van der Waals surface area contributed by atoms with Crippen LogP contribution in [0.4, 0.5) is 0 Å². The summed E-state index contributed by atoms with van der Waals surface area (Å²) in [5.74, 6) is 1.52. The van der Waals surface area contributed by atoms with Gasteiger partial charge in [0, 0.05) is 14.1 Å². The van der Waals surface area contributed by atoms with Crippen LogP contribution in [0.2, 0.25) is 0 Å². The van der Waals surface area contributed by atoms with Crippen LogP contribution in [0.1, 0.15) is 37.7 Å². The monoisotopic (exact) mass is 290 g/mol. The van der Waals surface area contributed by atoms with E-state index in [1.54, 1.807) is 4.90 Å². The highest BCUT2D eigenvalue weighted by molar-refractivity contribution is 5.81. The Bertz CT molecular complexity index is 474. The van der Waals surface area contributed by atoms with Gasteiger partial charge in [-0.1, -0.05) is 25.1 Å². The van der Waals surface area contributed by atoms with Gasteiger partial charge in [-0.25, -0.2) is 0 Å². The predicted octanol–water partition coefficient (Wildman–Crippen LogP) is 2.40. The van der Waals surface area contributed by atoms with E-state index in [0.29, 0.717) is 5.92 Å². The van der Waals surface area contributed by atoms with E-state index >= 15 is 0 Å². The van der Waals surface area contributed by atoms with Gasteiger partial charge in [0.1, 0.15) is 5.75 Å². The average molecular weight is 290 g/mol. The Balaban J connectivity index is 2.12. The zero-order valence-corrected chi connectivity index (χ0v) is 13.3. The van der Waals surface area contributed by atoms with E-state index < -0.39 is 0 Å². The summed E-state index contributed by atoms with van der Waals surface area (Å²) in [6.45, 7) is 3.72. The summed E-state index contributed by atoms with van der Waals surface area (Å²) in [6, 6.07) is 8.16. The normalized spacial score (nSPS) is 21.9. The van der Waals surface area contributed by atoms with E-state index in [1.807, 2.05) is 26.2 Å². The van der Waals surface area contributed by atoms with E-state index in [0.717, 1.165) is 38.2 Å². The van der Waals surface area contributed by atoms with Crippen molar-refractivity contribution in [3.8, 4) is 5.75 Å². The number of benzene rings is 1. The summed E-state index contributed by atoms with van der Waals surface area (Å²) in [7, 11) is 3.62. The number of piperidine rings is 1. The van der Waals surface area contributed by atoms with Crippen LogP contribution in [0.15, 0.2) is 24.3 Å². The van der Waals surface area contributed by atoms with Crippen LogP contribution >= 0.6 is 0 Å². The number of amides is 1. The zero-order chi connectivity index (χ0) is 15.2. The molecular formula is C17H26N2O2. The number of carbonyl (C=O) groups excluding carboxylic acids is 1. The van der Waals surface area contributed by atoms with Gasteiger partial charge in [-0.05, 0) is 43.4 Å². The smallest absolute Gasteiger partial charge is 0.239 e. The highest BCUT2D eigenvalue weighted by Crippen LogP contribution is 2.34. The summed E-state index contributed by atoms with van der Waals surface area (Å²) in [5, 5.41) is 3.33. The molecule has 4 heteroatoms. The first-order valence-corrected chi connectivity index (χ1v) is 7.79. The number of hydrogen-bond donors (Lipinski definition) is 1. The number of carbonyl (C=O) groups is 1. The van der Waals surface area contributed by atoms with Crippen molar-refractivity contribution >= 4 is 5.91 Å². The average Bonchev–Trinajstić information content (AvgIpc) is 2.52. The second kappa shape index (κ2) is 7.46. The van der Waals surface area contributed by atoms with Crippen molar-refractivity contribution in [1.29, 1.82) is 0 Å². The lowest BCUT2D eigenvalue weighted by Crippen LogP contribution is -2.47. The summed E-state index contributed by atoms with van der Waals surface area (Å²) in [5.41, 5.74) is 1.24. The van der Waals surface area contributed by atoms with Gasteiger partial charge in [-0.2, -0.15) is 0 Å². The van der Waals surface area contributed by atoms with E-state index in [1.165, 1.54) is 5.56 Å². The van der Waals surface area contributed by atoms with Gasteiger partial charge < -0.3 is 15.0 Å². The molecule has 2 unspecified atom stereocenters. The highest BCUT2D eigenvalue weighted by atomic mass is 16.5. The molecule has 4 nitrogen and oxygen atoms in total. The van der Waals surface area contributed by atoms with Crippen molar-refractivity contribution in [2.75, 3.05) is 27.2 Å². The Labute approximate surface area is 127 Å². The van der Waals surface area contributed by atoms with Crippen LogP contribution in [0.5, 0.6) is 5.75 Å². The maximum atomic E-state index is 12.2. The molecule has 1 N–H and O–H groups in total. The number of nitrogens with zero attached hydrogens (tertiary/aromatic N) is 1. The molecular weight excluding hydrogens is 264 g/mol. The minimum absolute atomic E-state index is 0.0852. The molecule has 1 saturated heterocycles. The second-order valence-corrected chi connectivity index (χ2v) is 5.85. The third-order valence-electron chi connectivity index (χ3n) is 3.96. The van der Waals surface area contributed by atoms with Gasteiger partial charge in [0.15, 0.2) is 0 Å². The summed E-state index contributed by atoms with van der Waals surface area (Å²) in [6.07, 6.45) is 2.88. The Morgan fingerprint density at radius 2 is 2.14 bits per heavy atom. The summed E-state index contributed by atoms with van der Waals surface area (Å²) < 4.78 is 5.87. The third-order valence-corrected chi connectivity index (χ3v) is 3.96.